The van der Waals surface area contributed by atoms with Crippen molar-refractivity contribution in [2.24, 2.45) is 0 Å². The van der Waals surface area contributed by atoms with Gasteiger partial charge < -0.3 is 4.43 Å². The molecule has 0 aromatic carbocycles. The molecule has 0 aromatic heterocycles. The van der Waals surface area contributed by atoms with Gasteiger partial charge in [-0.1, -0.05) is 26.2 Å². The molecule has 0 rings (SSSR count). The highest BCUT2D eigenvalue weighted by Crippen LogP contribution is 2.03. The van der Waals surface area contributed by atoms with Gasteiger partial charge >= 0.3 is 5.97 Å². The molecule has 0 fully saturated rings. The van der Waals surface area contributed by atoms with Gasteiger partial charge in [0.2, 0.25) is 14.8 Å². The fourth-order valence-electron chi connectivity index (χ4n) is 1.09. The quantitative estimate of drug-likeness (QED) is 0.371. The van der Waals surface area contributed by atoms with Crippen molar-refractivity contribution in [3.05, 3.63) is 0 Å². The minimum atomic E-state index is -1.40. The summed E-state index contributed by atoms with van der Waals surface area (Å²) in [6, 6.07) is 0. The number of Topliss-reactive ketones (excluding diaryl/α,β-unsaturated/α-hetero) is 1. The number of hydrogen-bond donors (Lipinski definition) is 0. The molecule has 0 atom stereocenters. The van der Waals surface area contributed by atoms with E-state index in [1.165, 1.54) is 0 Å². The Morgan fingerprint density at radius 1 is 1.14 bits per heavy atom. The summed E-state index contributed by atoms with van der Waals surface area (Å²) in [5, 5.41) is 0. The highest BCUT2D eigenvalue weighted by atomic mass is 28.3. The minimum absolute atomic E-state index is 0.347. The SMILES string of the molecule is CCCCCCC(=O)C(=O)O[SiH](C)C. The molecule has 3 nitrogen and oxygen atoms in total. The second kappa shape index (κ2) is 7.73. The molecule has 0 aliphatic heterocycles. The second-order valence-corrected chi connectivity index (χ2v) is 6.02. The van der Waals surface area contributed by atoms with E-state index in [0.29, 0.717) is 6.42 Å². The number of carbonyl (C=O) groups excluding carboxylic acids is 2. The van der Waals surface area contributed by atoms with Crippen LogP contribution in [0.15, 0.2) is 0 Å². The highest BCUT2D eigenvalue weighted by Gasteiger charge is 2.15. The molecule has 0 radical (unpaired) electrons. The Kier molecular flexibility index (Phi) is 7.38. The summed E-state index contributed by atoms with van der Waals surface area (Å²) in [5.74, 6) is -0.981. The first-order valence-corrected chi connectivity index (χ1v) is 8.09. The maximum absolute atomic E-state index is 11.2. The summed E-state index contributed by atoms with van der Waals surface area (Å²) in [4.78, 5) is 22.3. The molecule has 0 N–H and O–H groups in total. The topological polar surface area (TPSA) is 43.4 Å². The van der Waals surface area contributed by atoms with Crippen LogP contribution in [0.5, 0.6) is 0 Å². The van der Waals surface area contributed by atoms with Gasteiger partial charge in [-0.3, -0.25) is 4.79 Å². The van der Waals surface area contributed by atoms with Crippen LogP contribution in [0.4, 0.5) is 0 Å². The Labute approximate surface area is 87.6 Å². The first kappa shape index (κ1) is 13.4. The van der Waals surface area contributed by atoms with Crippen molar-refractivity contribution >= 4 is 20.8 Å². The monoisotopic (exact) mass is 216 g/mol. The normalized spacial score (nSPS) is 10.3. The summed E-state index contributed by atoms with van der Waals surface area (Å²) >= 11 is 0. The Hall–Kier alpha value is -0.643. The fraction of sp³-hybridized carbons (Fsp3) is 0.800. The van der Waals surface area contributed by atoms with Gasteiger partial charge in [0.1, 0.15) is 0 Å². The van der Waals surface area contributed by atoms with E-state index in [4.69, 9.17) is 4.43 Å². The molecule has 0 saturated heterocycles. The molecular formula is C10H20O3Si. The molecule has 0 bridgehead atoms. The molecule has 82 valence electrons. The fourth-order valence-corrected chi connectivity index (χ4v) is 1.65. The third-order valence-electron chi connectivity index (χ3n) is 1.83. The van der Waals surface area contributed by atoms with Crippen LogP contribution < -0.4 is 0 Å². The lowest BCUT2D eigenvalue weighted by atomic mass is 10.1. The standard InChI is InChI=1S/C10H20O3Si/c1-4-5-6-7-8-9(11)10(12)13-14(2)3/h14H,4-8H2,1-3H3. The molecule has 0 saturated carbocycles. The lowest BCUT2D eigenvalue weighted by Gasteiger charge is -2.05. The zero-order valence-corrected chi connectivity index (χ0v) is 10.5. The molecule has 14 heavy (non-hydrogen) atoms. The van der Waals surface area contributed by atoms with E-state index in [2.05, 4.69) is 6.92 Å². The van der Waals surface area contributed by atoms with Gasteiger partial charge in [-0.05, 0) is 19.5 Å². The van der Waals surface area contributed by atoms with Crippen molar-refractivity contribution in [1.82, 2.24) is 0 Å². The number of hydrogen-bond acceptors (Lipinski definition) is 3. The smallest absolute Gasteiger partial charge is 0.361 e. The third kappa shape index (κ3) is 6.83. The van der Waals surface area contributed by atoms with Crippen molar-refractivity contribution in [1.29, 1.82) is 0 Å². The van der Waals surface area contributed by atoms with E-state index in [9.17, 15) is 9.59 Å². The molecule has 0 spiro atoms. The number of rotatable bonds is 7. The van der Waals surface area contributed by atoms with E-state index < -0.39 is 15.0 Å². The number of carbonyl (C=O) groups is 2. The first-order valence-electron chi connectivity index (χ1n) is 5.31. The summed E-state index contributed by atoms with van der Waals surface area (Å²) in [6.07, 6.45) is 4.44. The molecule has 4 heteroatoms. The highest BCUT2D eigenvalue weighted by molar-refractivity contribution is 6.54. The van der Waals surface area contributed by atoms with E-state index in [-0.39, 0.29) is 5.78 Å². The number of ketones is 1. The molecule has 0 aliphatic rings. The lowest BCUT2D eigenvalue weighted by molar-refractivity contribution is -0.147. The van der Waals surface area contributed by atoms with Crippen LogP contribution in [0.1, 0.15) is 39.0 Å². The van der Waals surface area contributed by atoms with Gasteiger partial charge in [0, 0.05) is 6.42 Å². The van der Waals surface area contributed by atoms with Crippen molar-refractivity contribution < 1.29 is 14.0 Å². The van der Waals surface area contributed by atoms with Gasteiger partial charge in [0.05, 0.1) is 0 Å². The van der Waals surface area contributed by atoms with Crippen molar-refractivity contribution in [2.45, 2.75) is 52.1 Å². The maximum Gasteiger partial charge on any atom is 0.361 e. The molecule has 0 amide bonds. The van der Waals surface area contributed by atoms with Gasteiger partial charge in [0.15, 0.2) is 0 Å². The van der Waals surface area contributed by atoms with Crippen LogP contribution in [0.25, 0.3) is 0 Å². The van der Waals surface area contributed by atoms with Crippen LogP contribution >= 0.6 is 0 Å². The minimum Gasteiger partial charge on any atom is -0.517 e. The molecule has 0 aromatic rings. The van der Waals surface area contributed by atoms with Crippen LogP contribution in [0, 0.1) is 0 Å². The second-order valence-electron chi connectivity index (χ2n) is 3.69. The summed E-state index contributed by atoms with van der Waals surface area (Å²) < 4.78 is 4.92. The lowest BCUT2D eigenvalue weighted by Crippen LogP contribution is -2.23. The third-order valence-corrected chi connectivity index (χ3v) is 2.51. The van der Waals surface area contributed by atoms with Crippen LogP contribution in [-0.2, 0) is 14.0 Å². The zero-order valence-electron chi connectivity index (χ0n) is 9.34. The van der Waals surface area contributed by atoms with Gasteiger partial charge in [-0.15, -0.1) is 0 Å². The first-order chi connectivity index (χ1) is 6.57. The van der Waals surface area contributed by atoms with Crippen LogP contribution in [0.3, 0.4) is 0 Å². The summed E-state index contributed by atoms with van der Waals surface area (Å²) in [6.45, 7) is 5.87. The van der Waals surface area contributed by atoms with Crippen molar-refractivity contribution in [3.8, 4) is 0 Å². The van der Waals surface area contributed by atoms with E-state index in [1.807, 2.05) is 13.1 Å². The van der Waals surface area contributed by atoms with Gasteiger partial charge in [-0.25, -0.2) is 4.79 Å². The molecular weight excluding hydrogens is 196 g/mol. The Balaban J connectivity index is 3.58. The van der Waals surface area contributed by atoms with E-state index in [0.717, 1.165) is 25.7 Å². The van der Waals surface area contributed by atoms with E-state index in [1.54, 1.807) is 0 Å². The Morgan fingerprint density at radius 2 is 1.79 bits per heavy atom. The molecule has 0 heterocycles. The zero-order chi connectivity index (χ0) is 11.0. The van der Waals surface area contributed by atoms with Crippen molar-refractivity contribution in [3.63, 3.8) is 0 Å². The number of unbranched alkanes of at least 4 members (excludes halogenated alkanes) is 3. The van der Waals surface area contributed by atoms with E-state index >= 15 is 0 Å². The summed E-state index contributed by atoms with van der Waals surface area (Å²) in [7, 11) is -1.40. The predicted octanol–water partition coefficient (Wildman–Crippen LogP) is 2.05. The summed E-state index contributed by atoms with van der Waals surface area (Å²) in [5.41, 5.74) is 0. The Morgan fingerprint density at radius 3 is 2.29 bits per heavy atom. The average Bonchev–Trinajstić information content (AvgIpc) is 2.11. The largest absolute Gasteiger partial charge is 0.517 e. The Bertz CT molecular complexity index is 190. The maximum atomic E-state index is 11.2. The average molecular weight is 216 g/mol. The van der Waals surface area contributed by atoms with Crippen molar-refractivity contribution in [2.75, 3.05) is 0 Å². The van der Waals surface area contributed by atoms with Gasteiger partial charge in [0.25, 0.3) is 0 Å². The molecule has 0 aliphatic carbocycles. The predicted molar refractivity (Wildman–Crippen MR) is 58.7 cm³/mol. The van der Waals surface area contributed by atoms with Gasteiger partial charge in [-0.2, -0.15) is 0 Å². The van der Waals surface area contributed by atoms with Crippen LogP contribution in [-0.4, -0.2) is 20.8 Å². The molecule has 0 unspecified atom stereocenters. The van der Waals surface area contributed by atoms with Crippen LogP contribution in [0.2, 0.25) is 13.1 Å².